The Morgan fingerprint density at radius 3 is 1.52 bits per heavy atom. The lowest BCUT2D eigenvalue weighted by Gasteiger charge is -2.25. The molecule has 0 bridgehead atoms. The smallest absolute Gasteiger partial charge is 0.159 e. The number of aromatic nitrogens is 1. The maximum Gasteiger partial charge on any atom is 0.159 e. The van der Waals surface area contributed by atoms with Gasteiger partial charge in [-0.1, -0.05) is 152 Å². The average Bonchev–Trinajstić information content (AvgIpc) is 3.61. The van der Waals surface area contributed by atoms with E-state index in [9.17, 15) is 0 Å². The van der Waals surface area contributed by atoms with Crippen molar-refractivity contribution in [3.8, 4) is 16.8 Å². The van der Waals surface area contributed by atoms with Crippen molar-refractivity contribution in [3.63, 3.8) is 0 Å². The van der Waals surface area contributed by atoms with E-state index in [1.54, 1.807) is 0 Å². The quantitative estimate of drug-likeness (QED) is 0.170. The lowest BCUT2D eigenvalue weighted by Crippen LogP contribution is -2.33. The predicted octanol–water partition coefficient (Wildman–Crippen LogP) is 12.4. The summed E-state index contributed by atoms with van der Waals surface area (Å²) in [7, 11) is 0. The van der Waals surface area contributed by atoms with E-state index in [0.717, 1.165) is 67.4 Å². The van der Waals surface area contributed by atoms with Gasteiger partial charge in [0.15, 0.2) is 5.84 Å². The van der Waals surface area contributed by atoms with E-state index >= 15 is 0 Å². The first-order chi connectivity index (χ1) is 27.8. The molecule has 0 amide bonds. The number of aliphatic imine (C=N–C) groups is 2. The number of para-hydroxylation sites is 3. The van der Waals surface area contributed by atoms with Crippen LogP contribution in [0.4, 0.5) is 17.1 Å². The van der Waals surface area contributed by atoms with Crippen LogP contribution in [0.15, 0.2) is 222 Å². The van der Waals surface area contributed by atoms with Crippen molar-refractivity contribution in [1.82, 2.24) is 9.88 Å². The van der Waals surface area contributed by atoms with E-state index in [4.69, 9.17) is 9.98 Å². The van der Waals surface area contributed by atoms with E-state index in [1.165, 1.54) is 10.8 Å². The van der Waals surface area contributed by atoms with Crippen LogP contribution in [-0.2, 0) is 0 Å². The highest BCUT2D eigenvalue weighted by Gasteiger charge is 2.22. The molecule has 0 aliphatic carbocycles. The van der Waals surface area contributed by atoms with Crippen LogP contribution in [0.3, 0.4) is 0 Å². The number of hydrogen-bond acceptors (Lipinski definition) is 4. The molecular weight excluding hydrogens is 683 g/mol. The minimum atomic E-state index is -0.268. The molecule has 1 N–H and O–H groups in total. The summed E-state index contributed by atoms with van der Waals surface area (Å²) in [6.07, 6.45) is -0.268. The Morgan fingerprint density at radius 2 is 0.911 bits per heavy atom. The second-order valence-corrected chi connectivity index (χ2v) is 13.9. The third kappa shape index (κ3) is 6.21. The summed E-state index contributed by atoms with van der Waals surface area (Å²) >= 11 is 0. The summed E-state index contributed by atoms with van der Waals surface area (Å²) in [5, 5.41) is 6.04. The Bertz CT molecular complexity index is 2810. The van der Waals surface area contributed by atoms with Gasteiger partial charge in [-0.15, -0.1) is 0 Å². The van der Waals surface area contributed by atoms with Gasteiger partial charge in [-0.2, -0.15) is 0 Å². The summed E-state index contributed by atoms with van der Waals surface area (Å²) < 4.78 is 2.38. The predicted molar refractivity (Wildman–Crippen MR) is 233 cm³/mol. The first kappa shape index (κ1) is 33.1. The molecule has 56 heavy (non-hydrogen) atoms. The van der Waals surface area contributed by atoms with Gasteiger partial charge >= 0.3 is 0 Å². The van der Waals surface area contributed by atoms with Gasteiger partial charge in [0.2, 0.25) is 0 Å². The lowest BCUT2D eigenvalue weighted by atomic mass is 10.0. The molecule has 9 aromatic rings. The van der Waals surface area contributed by atoms with E-state index in [2.05, 4.69) is 203 Å². The molecule has 2 heterocycles. The lowest BCUT2D eigenvalue weighted by molar-refractivity contribution is 0.674. The van der Waals surface area contributed by atoms with Crippen molar-refractivity contribution in [3.05, 3.63) is 229 Å². The Kier molecular flexibility index (Phi) is 8.50. The fourth-order valence-corrected chi connectivity index (χ4v) is 7.72. The van der Waals surface area contributed by atoms with Crippen LogP contribution in [-0.4, -0.2) is 16.2 Å². The highest BCUT2D eigenvalue weighted by atomic mass is 15.2. The third-order valence-electron chi connectivity index (χ3n) is 10.4. The number of nitrogens with zero attached hydrogens (tertiary/aromatic N) is 4. The highest BCUT2D eigenvalue weighted by Crippen LogP contribution is 2.38. The fraction of sp³-hybridized carbons (Fsp3) is 0.0196. The van der Waals surface area contributed by atoms with Crippen LogP contribution in [0.25, 0.3) is 38.6 Å². The summed E-state index contributed by atoms with van der Waals surface area (Å²) in [5.41, 5.74) is 12.1. The van der Waals surface area contributed by atoms with E-state index in [0.29, 0.717) is 5.84 Å². The van der Waals surface area contributed by atoms with Crippen molar-refractivity contribution < 1.29 is 0 Å². The molecule has 1 aromatic heterocycles. The number of nitrogens with one attached hydrogen (secondary N) is 1. The van der Waals surface area contributed by atoms with Crippen LogP contribution in [0, 0.1) is 0 Å². The van der Waals surface area contributed by atoms with Crippen LogP contribution < -0.4 is 10.2 Å². The summed E-state index contributed by atoms with van der Waals surface area (Å²) in [5.74, 6) is 1.50. The maximum atomic E-state index is 5.12. The zero-order chi connectivity index (χ0) is 37.3. The number of benzene rings is 8. The summed E-state index contributed by atoms with van der Waals surface area (Å²) in [6.45, 7) is 0. The molecule has 266 valence electrons. The largest absolute Gasteiger partial charge is 0.344 e. The van der Waals surface area contributed by atoms with Gasteiger partial charge < -0.3 is 14.8 Å². The van der Waals surface area contributed by atoms with Gasteiger partial charge in [-0.05, 0) is 77.4 Å². The Hall–Kier alpha value is -7.50. The number of anilines is 3. The van der Waals surface area contributed by atoms with E-state index in [1.807, 2.05) is 24.3 Å². The van der Waals surface area contributed by atoms with Crippen molar-refractivity contribution >= 4 is 50.5 Å². The molecular formula is C51H37N5. The second-order valence-electron chi connectivity index (χ2n) is 13.9. The van der Waals surface area contributed by atoms with Gasteiger partial charge in [0.1, 0.15) is 12.0 Å². The molecule has 5 heteroatoms. The molecule has 10 rings (SSSR count). The molecule has 0 saturated carbocycles. The molecule has 0 radical (unpaired) electrons. The highest BCUT2D eigenvalue weighted by molar-refractivity contribution is 6.16. The molecule has 1 aliphatic rings. The SMILES string of the molecule is c1ccc(C2=NC(c3ccccc3)NC(c3ccc4c5ccc(-c6ccc(N(c7ccccc7)c7ccccc7)cc6)cc5n(-c5ccccc5)c4c3)=N2)cc1. The Labute approximate surface area is 326 Å². The van der Waals surface area contributed by atoms with Crippen molar-refractivity contribution in [1.29, 1.82) is 0 Å². The zero-order valence-electron chi connectivity index (χ0n) is 30.6. The van der Waals surface area contributed by atoms with Gasteiger partial charge in [-0.3, -0.25) is 0 Å². The van der Waals surface area contributed by atoms with E-state index < -0.39 is 0 Å². The number of hydrogen-bond donors (Lipinski definition) is 1. The second kappa shape index (κ2) is 14.4. The molecule has 0 saturated heterocycles. The van der Waals surface area contributed by atoms with E-state index in [-0.39, 0.29) is 6.17 Å². The minimum Gasteiger partial charge on any atom is -0.344 e. The first-order valence-electron chi connectivity index (χ1n) is 18.9. The van der Waals surface area contributed by atoms with Crippen LogP contribution >= 0.6 is 0 Å². The maximum absolute atomic E-state index is 5.12. The monoisotopic (exact) mass is 719 g/mol. The Morgan fingerprint density at radius 1 is 0.429 bits per heavy atom. The third-order valence-corrected chi connectivity index (χ3v) is 10.4. The fourth-order valence-electron chi connectivity index (χ4n) is 7.72. The van der Waals surface area contributed by atoms with Crippen molar-refractivity contribution in [2.24, 2.45) is 9.98 Å². The summed E-state index contributed by atoms with van der Waals surface area (Å²) in [4.78, 5) is 12.5. The number of rotatable bonds is 8. The molecule has 1 unspecified atom stereocenters. The molecule has 0 spiro atoms. The average molecular weight is 720 g/mol. The summed E-state index contributed by atoms with van der Waals surface area (Å²) in [6, 6.07) is 74.6. The topological polar surface area (TPSA) is 44.9 Å². The molecule has 5 nitrogen and oxygen atoms in total. The van der Waals surface area contributed by atoms with Crippen molar-refractivity contribution in [2.75, 3.05) is 4.90 Å². The molecule has 0 fully saturated rings. The molecule has 1 aliphatic heterocycles. The Balaban J connectivity index is 1.07. The normalized spacial score (nSPS) is 13.9. The van der Waals surface area contributed by atoms with Gasteiger partial charge in [-0.25, -0.2) is 9.98 Å². The number of fused-ring (bicyclic) bond motifs is 3. The molecule has 8 aromatic carbocycles. The van der Waals surface area contributed by atoms with Gasteiger partial charge in [0.05, 0.1) is 11.0 Å². The molecule has 1 atom stereocenters. The standard InChI is InChI=1S/C51H37N5/c1-6-16-37(17-7-1)49-52-50(38-18-8-2-9-19-38)54-51(53-49)40-29-33-46-45-32-28-39(34-47(45)56(48(46)35-40)43-24-14-5-15-25-43)36-26-30-44(31-27-36)55(41-20-10-3-11-21-41)42-22-12-4-13-23-42/h1-35,49H,(H,52,53,54). The first-order valence-corrected chi connectivity index (χ1v) is 18.9. The van der Waals surface area contributed by atoms with Crippen LogP contribution in [0.2, 0.25) is 0 Å². The van der Waals surface area contributed by atoms with Crippen LogP contribution in [0.5, 0.6) is 0 Å². The minimum absolute atomic E-state index is 0.268. The van der Waals surface area contributed by atoms with Crippen LogP contribution in [0.1, 0.15) is 22.9 Å². The van der Waals surface area contributed by atoms with Gasteiger partial charge in [0, 0.05) is 44.6 Å². The number of amidine groups is 2. The van der Waals surface area contributed by atoms with Crippen molar-refractivity contribution in [2.45, 2.75) is 6.17 Å². The van der Waals surface area contributed by atoms with Gasteiger partial charge in [0.25, 0.3) is 0 Å². The zero-order valence-corrected chi connectivity index (χ0v) is 30.6.